The third-order valence-electron chi connectivity index (χ3n) is 3.44. The first-order valence-corrected chi connectivity index (χ1v) is 7.72. The summed E-state index contributed by atoms with van der Waals surface area (Å²) >= 11 is 12.2. The number of amides is 1. The van der Waals surface area contributed by atoms with Crippen molar-refractivity contribution in [3.05, 3.63) is 58.3 Å². The second-order valence-electron chi connectivity index (χ2n) is 5.05. The molecule has 0 unspecified atom stereocenters. The lowest BCUT2D eigenvalue weighted by atomic mass is 10.1. The van der Waals surface area contributed by atoms with Gasteiger partial charge in [0.2, 0.25) is 0 Å². The summed E-state index contributed by atoms with van der Waals surface area (Å²) in [7, 11) is 1.68. The van der Waals surface area contributed by atoms with Crippen molar-refractivity contribution >= 4 is 40.7 Å². The number of hydrogen-bond donors (Lipinski definition) is 2. The summed E-state index contributed by atoms with van der Waals surface area (Å²) in [4.78, 5) is 16.4. The van der Waals surface area contributed by atoms with E-state index in [9.17, 15) is 4.79 Å². The fourth-order valence-corrected chi connectivity index (χ4v) is 2.64. The lowest BCUT2D eigenvalue weighted by Crippen LogP contribution is -2.17. The molecule has 0 aliphatic heterocycles. The molecule has 2 aromatic heterocycles. The number of rotatable bonds is 3. The first-order valence-electron chi connectivity index (χ1n) is 6.97. The summed E-state index contributed by atoms with van der Waals surface area (Å²) in [6, 6.07) is 10.1. The Hall–Kier alpha value is -2.57. The fraction of sp³-hybridized carbons (Fsp3) is 0.0625. The number of nitrogen functional groups attached to an aromatic ring is 1. The predicted octanol–water partition coefficient (Wildman–Crippen LogP) is 3.62. The van der Waals surface area contributed by atoms with Crippen LogP contribution in [0.5, 0.6) is 0 Å². The summed E-state index contributed by atoms with van der Waals surface area (Å²) in [5.41, 5.74) is 7.75. The van der Waals surface area contributed by atoms with Crippen LogP contribution in [0.25, 0.3) is 11.1 Å². The van der Waals surface area contributed by atoms with E-state index in [4.69, 9.17) is 28.9 Å². The van der Waals surface area contributed by atoms with E-state index in [0.29, 0.717) is 32.7 Å². The number of nitrogens with two attached hydrogens (primary N) is 1. The molecule has 2 heterocycles. The summed E-state index contributed by atoms with van der Waals surface area (Å²) in [6.45, 7) is 0. The maximum Gasteiger partial charge on any atom is 0.275 e. The van der Waals surface area contributed by atoms with Crippen LogP contribution in [0.3, 0.4) is 0 Å². The van der Waals surface area contributed by atoms with Crippen LogP contribution < -0.4 is 11.1 Å². The van der Waals surface area contributed by atoms with Gasteiger partial charge in [0.25, 0.3) is 5.91 Å². The molecule has 0 spiro atoms. The van der Waals surface area contributed by atoms with Crippen LogP contribution >= 0.6 is 23.2 Å². The van der Waals surface area contributed by atoms with Gasteiger partial charge in [-0.2, -0.15) is 5.10 Å². The fourth-order valence-electron chi connectivity index (χ4n) is 2.25. The SMILES string of the molecule is Cn1nccc1C(=O)Nc1ccc(-c2cc(Cl)ccc2Cl)c(N)n1. The Bertz CT molecular complexity index is 923. The molecule has 0 bridgehead atoms. The molecule has 0 aliphatic rings. The Balaban J connectivity index is 1.89. The summed E-state index contributed by atoms with van der Waals surface area (Å²) in [5, 5.41) is 7.69. The van der Waals surface area contributed by atoms with Gasteiger partial charge in [0.15, 0.2) is 0 Å². The summed E-state index contributed by atoms with van der Waals surface area (Å²) in [5.74, 6) is 0.248. The molecule has 0 aliphatic carbocycles. The van der Waals surface area contributed by atoms with Gasteiger partial charge in [0.1, 0.15) is 17.3 Å². The van der Waals surface area contributed by atoms with Gasteiger partial charge in [-0.25, -0.2) is 4.98 Å². The van der Waals surface area contributed by atoms with Crippen LogP contribution in [0.15, 0.2) is 42.6 Å². The number of anilines is 2. The summed E-state index contributed by atoms with van der Waals surface area (Å²) in [6.07, 6.45) is 1.54. The van der Waals surface area contributed by atoms with E-state index in [1.807, 2.05) is 0 Å². The highest BCUT2D eigenvalue weighted by Gasteiger charge is 2.13. The van der Waals surface area contributed by atoms with E-state index in [0.717, 1.165) is 0 Å². The number of aryl methyl sites for hydroxylation is 1. The van der Waals surface area contributed by atoms with Crippen molar-refractivity contribution in [2.45, 2.75) is 0 Å². The van der Waals surface area contributed by atoms with Crippen molar-refractivity contribution in [1.29, 1.82) is 0 Å². The van der Waals surface area contributed by atoms with Crippen LogP contribution in [0.1, 0.15) is 10.5 Å². The minimum atomic E-state index is -0.324. The molecule has 6 nitrogen and oxygen atoms in total. The van der Waals surface area contributed by atoms with Crippen molar-refractivity contribution in [2.75, 3.05) is 11.1 Å². The minimum Gasteiger partial charge on any atom is -0.383 e. The van der Waals surface area contributed by atoms with Gasteiger partial charge >= 0.3 is 0 Å². The number of hydrogen-bond acceptors (Lipinski definition) is 4. The number of nitrogens with zero attached hydrogens (tertiary/aromatic N) is 3. The van der Waals surface area contributed by atoms with Crippen molar-refractivity contribution in [2.24, 2.45) is 7.05 Å². The van der Waals surface area contributed by atoms with Crippen molar-refractivity contribution < 1.29 is 4.79 Å². The van der Waals surface area contributed by atoms with Crippen LogP contribution in [-0.4, -0.2) is 20.7 Å². The van der Waals surface area contributed by atoms with E-state index >= 15 is 0 Å². The van der Waals surface area contributed by atoms with Crippen molar-refractivity contribution in [3.63, 3.8) is 0 Å². The molecule has 3 N–H and O–H groups in total. The number of pyridine rings is 1. The van der Waals surface area contributed by atoms with Gasteiger partial charge in [-0.3, -0.25) is 9.48 Å². The molecule has 8 heteroatoms. The number of carbonyl (C=O) groups excluding carboxylic acids is 1. The van der Waals surface area contributed by atoms with Gasteiger partial charge in [0, 0.05) is 34.4 Å². The average Bonchev–Trinajstić information content (AvgIpc) is 2.96. The number of nitrogens with one attached hydrogen (secondary N) is 1. The zero-order chi connectivity index (χ0) is 17.3. The molecular weight excluding hydrogens is 349 g/mol. The Morgan fingerprint density at radius 3 is 2.62 bits per heavy atom. The van der Waals surface area contributed by atoms with Crippen molar-refractivity contribution in [3.8, 4) is 11.1 Å². The highest BCUT2D eigenvalue weighted by atomic mass is 35.5. The maximum absolute atomic E-state index is 12.2. The Kier molecular flexibility index (Phi) is 4.42. The van der Waals surface area contributed by atoms with E-state index in [2.05, 4.69) is 15.4 Å². The number of halogens is 2. The molecular formula is C16H13Cl2N5O. The Morgan fingerprint density at radius 2 is 1.96 bits per heavy atom. The van der Waals surface area contributed by atoms with E-state index in [-0.39, 0.29) is 11.7 Å². The van der Waals surface area contributed by atoms with Crippen LogP contribution in [-0.2, 0) is 7.05 Å². The van der Waals surface area contributed by atoms with E-state index in [1.165, 1.54) is 4.68 Å². The van der Waals surface area contributed by atoms with Crippen LogP contribution in [0.4, 0.5) is 11.6 Å². The van der Waals surface area contributed by atoms with Gasteiger partial charge in [-0.05, 0) is 36.4 Å². The van der Waals surface area contributed by atoms with Gasteiger partial charge in [0.05, 0.1) is 0 Å². The predicted molar refractivity (Wildman–Crippen MR) is 95.3 cm³/mol. The molecule has 0 fully saturated rings. The first kappa shape index (κ1) is 16.3. The topological polar surface area (TPSA) is 85.8 Å². The van der Waals surface area contributed by atoms with Gasteiger partial charge in [-0.15, -0.1) is 0 Å². The molecule has 0 atom stereocenters. The highest BCUT2D eigenvalue weighted by molar-refractivity contribution is 6.35. The second-order valence-corrected chi connectivity index (χ2v) is 5.89. The highest BCUT2D eigenvalue weighted by Crippen LogP contribution is 2.33. The Morgan fingerprint density at radius 1 is 1.17 bits per heavy atom. The molecule has 3 rings (SSSR count). The minimum absolute atomic E-state index is 0.238. The van der Waals surface area contributed by atoms with E-state index in [1.54, 1.807) is 49.6 Å². The molecule has 0 saturated heterocycles. The molecule has 0 saturated carbocycles. The largest absolute Gasteiger partial charge is 0.383 e. The van der Waals surface area contributed by atoms with Gasteiger partial charge in [-0.1, -0.05) is 23.2 Å². The number of aromatic nitrogens is 3. The normalized spacial score (nSPS) is 10.6. The second kappa shape index (κ2) is 6.51. The third-order valence-corrected chi connectivity index (χ3v) is 4.00. The summed E-state index contributed by atoms with van der Waals surface area (Å²) < 4.78 is 1.47. The number of carbonyl (C=O) groups is 1. The van der Waals surface area contributed by atoms with E-state index < -0.39 is 0 Å². The quantitative estimate of drug-likeness (QED) is 0.745. The zero-order valence-electron chi connectivity index (χ0n) is 12.6. The maximum atomic E-state index is 12.2. The third kappa shape index (κ3) is 3.20. The zero-order valence-corrected chi connectivity index (χ0v) is 14.1. The Labute approximate surface area is 148 Å². The van der Waals surface area contributed by atoms with Crippen LogP contribution in [0.2, 0.25) is 10.0 Å². The smallest absolute Gasteiger partial charge is 0.275 e. The lowest BCUT2D eigenvalue weighted by Gasteiger charge is -2.10. The molecule has 3 aromatic rings. The molecule has 122 valence electrons. The van der Waals surface area contributed by atoms with Gasteiger partial charge < -0.3 is 11.1 Å². The average molecular weight is 362 g/mol. The number of benzene rings is 1. The standard InChI is InChI=1S/C16H13Cl2N5O/c1-23-13(6-7-20-23)16(24)22-14-5-3-10(15(19)21-14)11-8-9(17)2-4-12(11)18/h2-8H,1H3,(H3,19,21,22,24). The monoisotopic (exact) mass is 361 g/mol. The molecule has 1 amide bonds. The molecule has 1 aromatic carbocycles. The van der Waals surface area contributed by atoms with Crippen LogP contribution in [0, 0.1) is 0 Å². The van der Waals surface area contributed by atoms with Crippen molar-refractivity contribution in [1.82, 2.24) is 14.8 Å². The molecule has 0 radical (unpaired) electrons. The lowest BCUT2D eigenvalue weighted by molar-refractivity contribution is 0.101. The molecule has 24 heavy (non-hydrogen) atoms. The first-order chi connectivity index (χ1) is 11.5.